The predicted octanol–water partition coefficient (Wildman–Crippen LogP) is 3.04. The van der Waals surface area contributed by atoms with Crippen molar-refractivity contribution in [2.24, 2.45) is 16.8 Å². The fourth-order valence-electron chi connectivity index (χ4n) is 3.18. The molecule has 23 heavy (non-hydrogen) atoms. The molecule has 1 aliphatic rings. The van der Waals surface area contributed by atoms with Gasteiger partial charge in [-0.3, -0.25) is 15.1 Å². The number of nitro benzene ring substituents is 1. The van der Waals surface area contributed by atoms with E-state index in [2.05, 4.69) is 29.1 Å². The Labute approximate surface area is 137 Å². The second-order valence-corrected chi connectivity index (χ2v) is 6.56. The maximum atomic E-state index is 10.8. The molecule has 0 aliphatic carbocycles. The zero-order valence-electron chi connectivity index (χ0n) is 14.2. The average Bonchev–Trinajstić information content (AvgIpc) is 2.95. The normalized spacial score (nSPS) is 18.5. The lowest BCUT2D eigenvalue weighted by atomic mass is 9.97. The van der Waals surface area contributed by atoms with Crippen molar-refractivity contribution in [3.05, 3.63) is 39.9 Å². The smallest absolute Gasteiger partial charge is 0.269 e. The third-order valence-electron chi connectivity index (χ3n) is 4.17. The van der Waals surface area contributed by atoms with Gasteiger partial charge in [-0.05, 0) is 30.2 Å². The van der Waals surface area contributed by atoms with E-state index in [4.69, 9.17) is 0 Å². The number of hydrogen-bond donors (Lipinski definition) is 1. The summed E-state index contributed by atoms with van der Waals surface area (Å²) in [7, 11) is 1.78. The van der Waals surface area contributed by atoms with E-state index in [0.29, 0.717) is 6.54 Å². The van der Waals surface area contributed by atoms with Crippen molar-refractivity contribution >= 4 is 11.6 Å². The van der Waals surface area contributed by atoms with Crippen molar-refractivity contribution in [2.75, 3.05) is 20.1 Å². The summed E-state index contributed by atoms with van der Waals surface area (Å²) in [5, 5.41) is 14.2. The van der Waals surface area contributed by atoms with Crippen molar-refractivity contribution in [3.63, 3.8) is 0 Å². The monoisotopic (exact) mass is 318 g/mol. The molecule has 0 bridgehead atoms. The number of likely N-dealkylation sites (tertiary alicyclic amines) is 1. The van der Waals surface area contributed by atoms with Gasteiger partial charge in [0.1, 0.15) is 0 Å². The zero-order valence-corrected chi connectivity index (χ0v) is 14.2. The van der Waals surface area contributed by atoms with Crippen LogP contribution in [-0.2, 0) is 6.54 Å². The average molecular weight is 318 g/mol. The lowest BCUT2D eigenvalue weighted by Gasteiger charge is -2.22. The van der Waals surface area contributed by atoms with Gasteiger partial charge in [-0.15, -0.1) is 0 Å². The first-order valence-corrected chi connectivity index (χ1v) is 8.18. The van der Waals surface area contributed by atoms with Gasteiger partial charge in [0.2, 0.25) is 0 Å². The number of hydrogen-bond acceptors (Lipinski definition) is 3. The molecule has 1 heterocycles. The quantitative estimate of drug-likeness (QED) is 0.392. The summed E-state index contributed by atoms with van der Waals surface area (Å²) in [5.74, 6) is 2.33. The lowest BCUT2D eigenvalue weighted by Crippen LogP contribution is -2.39. The van der Waals surface area contributed by atoms with Gasteiger partial charge in [0.25, 0.3) is 5.69 Å². The van der Waals surface area contributed by atoms with Gasteiger partial charge in [0.05, 0.1) is 4.92 Å². The standard InChI is InChI=1S/C17H26N4O2/c1-13(2)9-15-7-8-20(12-15)17(18-3)19-11-14-5-4-6-16(10-14)21(22)23/h4-6,10,13,15H,7-9,11-12H2,1-3H3,(H,18,19). The Bertz CT molecular complexity index is 571. The van der Waals surface area contributed by atoms with Crippen molar-refractivity contribution < 1.29 is 4.92 Å². The molecule has 1 aliphatic heterocycles. The Balaban J connectivity index is 1.91. The molecule has 0 amide bonds. The largest absolute Gasteiger partial charge is 0.352 e. The Morgan fingerprint density at radius 3 is 2.96 bits per heavy atom. The van der Waals surface area contributed by atoms with Crippen LogP contribution in [0, 0.1) is 22.0 Å². The van der Waals surface area contributed by atoms with Gasteiger partial charge >= 0.3 is 0 Å². The minimum absolute atomic E-state index is 0.123. The summed E-state index contributed by atoms with van der Waals surface area (Å²) in [5.41, 5.74) is 1.01. The Hall–Kier alpha value is -2.11. The van der Waals surface area contributed by atoms with Gasteiger partial charge in [-0.2, -0.15) is 0 Å². The summed E-state index contributed by atoms with van der Waals surface area (Å²) in [6.07, 6.45) is 2.45. The fourth-order valence-corrected chi connectivity index (χ4v) is 3.18. The molecule has 0 spiro atoms. The first kappa shape index (κ1) is 17.2. The highest BCUT2D eigenvalue weighted by Crippen LogP contribution is 2.23. The summed E-state index contributed by atoms with van der Waals surface area (Å²) >= 11 is 0. The molecule has 1 aromatic rings. The highest BCUT2D eigenvalue weighted by molar-refractivity contribution is 5.80. The summed E-state index contributed by atoms with van der Waals surface area (Å²) in [4.78, 5) is 17.1. The zero-order chi connectivity index (χ0) is 16.8. The SMILES string of the molecule is CN=C(NCc1cccc([N+](=O)[O-])c1)N1CCC(CC(C)C)C1. The highest BCUT2D eigenvalue weighted by atomic mass is 16.6. The van der Waals surface area contributed by atoms with Crippen LogP contribution in [0.5, 0.6) is 0 Å². The summed E-state index contributed by atoms with van der Waals surface area (Å²) in [6, 6.07) is 6.71. The van der Waals surface area contributed by atoms with Gasteiger partial charge in [-0.1, -0.05) is 26.0 Å². The van der Waals surface area contributed by atoms with Crippen molar-refractivity contribution in [1.29, 1.82) is 0 Å². The van der Waals surface area contributed by atoms with Gasteiger partial charge in [0, 0.05) is 38.8 Å². The van der Waals surface area contributed by atoms with Crippen LogP contribution in [0.1, 0.15) is 32.3 Å². The molecule has 1 N–H and O–H groups in total. The number of nitrogens with zero attached hydrogens (tertiary/aromatic N) is 3. The van der Waals surface area contributed by atoms with Crippen molar-refractivity contribution in [1.82, 2.24) is 10.2 Å². The number of rotatable bonds is 5. The Kier molecular flexibility index (Phi) is 5.96. The van der Waals surface area contributed by atoms with E-state index < -0.39 is 0 Å². The second kappa shape index (κ2) is 7.94. The minimum Gasteiger partial charge on any atom is -0.352 e. The number of aliphatic imine (C=N–C) groups is 1. The van der Waals surface area contributed by atoms with E-state index in [0.717, 1.165) is 36.4 Å². The molecule has 0 saturated carbocycles. The summed E-state index contributed by atoms with van der Waals surface area (Å²) in [6.45, 7) is 7.12. The van der Waals surface area contributed by atoms with Crippen LogP contribution in [-0.4, -0.2) is 35.9 Å². The van der Waals surface area contributed by atoms with Gasteiger partial charge in [0.15, 0.2) is 5.96 Å². The Morgan fingerprint density at radius 2 is 2.30 bits per heavy atom. The number of non-ortho nitro benzene ring substituents is 1. The molecule has 0 radical (unpaired) electrons. The number of nitrogens with one attached hydrogen (secondary N) is 1. The van der Waals surface area contributed by atoms with Gasteiger partial charge in [-0.25, -0.2) is 0 Å². The molecule has 126 valence electrons. The van der Waals surface area contributed by atoms with E-state index in [1.807, 2.05) is 6.07 Å². The predicted molar refractivity (Wildman–Crippen MR) is 92.4 cm³/mol. The number of nitro groups is 1. The Morgan fingerprint density at radius 1 is 1.52 bits per heavy atom. The van der Waals surface area contributed by atoms with Crippen molar-refractivity contribution in [2.45, 2.75) is 33.2 Å². The third-order valence-corrected chi connectivity index (χ3v) is 4.17. The number of benzene rings is 1. The molecule has 6 heteroatoms. The molecule has 1 atom stereocenters. The van der Waals surface area contributed by atoms with E-state index in [1.165, 1.54) is 18.9 Å². The molecule has 1 unspecified atom stereocenters. The third kappa shape index (κ3) is 4.94. The van der Waals surface area contributed by atoms with Crippen LogP contribution in [0.2, 0.25) is 0 Å². The van der Waals surface area contributed by atoms with E-state index in [1.54, 1.807) is 19.2 Å². The van der Waals surface area contributed by atoms with Crippen LogP contribution >= 0.6 is 0 Å². The molecule has 6 nitrogen and oxygen atoms in total. The lowest BCUT2D eigenvalue weighted by molar-refractivity contribution is -0.384. The molecule has 1 saturated heterocycles. The molecule has 2 rings (SSSR count). The second-order valence-electron chi connectivity index (χ2n) is 6.56. The molecular weight excluding hydrogens is 292 g/mol. The van der Waals surface area contributed by atoms with E-state index in [9.17, 15) is 10.1 Å². The molecule has 1 fully saturated rings. The topological polar surface area (TPSA) is 70.8 Å². The maximum Gasteiger partial charge on any atom is 0.269 e. The van der Waals surface area contributed by atoms with Gasteiger partial charge < -0.3 is 10.2 Å². The first-order chi connectivity index (χ1) is 11.0. The molecule has 1 aromatic carbocycles. The van der Waals surface area contributed by atoms with Crippen LogP contribution in [0.25, 0.3) is 0 Å². The molecule has 0 aromatic heterocycles. The fraction of sp³-hybridized carbons (Fsp3) is 0.588. The van der Waals surface area contributed by atoms with Crippen molar-refractivity contribution in [3.8, 4) is 0 Å². The number of guanidine groups is 1. The van der Waals surface area contributed by atoms with E-state index in [-0.39, 0.29) is 10.6 Å². The molecular formula is C17H26N4O2. The first-order valence-electron chi connectivity index (χ1n) is 8.18. The minimum atomic E-state index is -0.366. The summed E-state index contributed by atoms with van der Waals surface area (Å²) < 4.78 is 0. The maximum absolute atomic E-state index is 10.8. The van der Waals surface area contributed by atoms with E-state index >= 15 is 0 Å². The highest BCUT2D eigenvalue weighted by Gasteiger charge is 2.25. The van der Waals surface area contributed by atoms with Crippen LogP contribution in [0.15, 0.2) is 29.3 Å². The van der Waals surface area contributed by atoms with Crippen LogP contribution < -0.4 is 5.32 Å². The van der Waals surface area contributed by atoms with Crippen LogP contribution in [0.4, 0.5) is 5.69 Å². The van der Waals surface area contributed by atoms with Crippen LogP contribution in [0.3, 0.4) is 0 Å².